The number of hydrogen-bond donors (Lipinski definition) is 0. The van der Waals surface area contributed by atoms with Crippen molar-refractivity contribution >= 4 is 43.6 Å². The van der Waals surface area contributed by atoms with Gasteiger partial charge in [0.15, 0.2) is 0 Å². The third-order valence-electron chi connectivity index (χ3n) is 9.19. The highest BCUT2D eigenvalue weighted by Crippen LogP contribution is 2.42. The van der Waals surface area contributed by atoms with Crippen molar-refractivity contribution in [3.63, 3.8) is 0 Å². The number of hydrogen-bond acceptors (Lipinski definition) is 1. The molecule has 7 aromatic carbocycles. The Labute approximate surface area is 266 Å². The van der Waals surface area contributed by atoms with Gasteiger partial charge in [0.25, 0.3) is 0 Å². The Kier molecular flexibility index (Phi) is 5.88. The van der Waals surface area contributed by atoms with Crippen molar-refractivity contribution in [2.75, 3.05) is 0 Å². The van der Waals surface area contributed by atoms with Gasteiger partial charge in [-0.1, -0.05) is 121 Å². The Morgan fingerprint density at radius 3 is 1.35 bits per heavy atom. The first-order valence-electron chi connectivity index (χ1n) is 15.5. The molecule has 9 aromatic rings. The van der Waals surface area contributed by atoms with E-state index in [0.29, 0.717) is 5.56 Å². The number of nitrogens with zero attached hydrogens (tertiary/aromatic N) is 3. The molecule has 0 aliphatic carbocycles. The molecule has 0 unspecified atom stereocenters. The zero-order chi connectivity index (χ0) is 30.6. The van der Waals surface area contributed by atoms with Gasteiger partial charge in [0.05, 0.1) is 39.4 Å². The first kappa shape index (κ1) is 26.1. The van der Waals surface area contributed by atoms with E-state index in [1.807, 2.05) is 18.2 Å². The number of benzene rings is 7. The Bertz CT molecular complexity index is 2540. The highest BCUT2D eigenvalue weighted by molar-refractivity contribution is 6.11. The molecule has 0 fully saturated rings. The van der Waals surface area contributed by atoms with Crippen LogP contribution < -0.4 is 0 Å². The molecule has 3 heteroatoms. The summed E-state index contributed by atoms with van der Waals surface area (Å²) in [6.07, 6.45) is 0. The fraction of sp³-hybridized carbons (Fsp3) is 0. The molecular formula is C43H27N3. The van der Waals surface area contributed by atoms with E-state index >= 15 is 0 Å². The van der Waals surface area contributed by atoms with Gasteiger partial charge < -0.3 is 9.13 Å². The molecule has 2 aromatic heterocycles. The summed E-state index contributed by atoms with van der Waals surface area (Å²) in [5, 5.41) is 15.0. The van der Waals surface area contributed by atoms with Crippen LogP contribution in [0, 0.1) is 11.3 Å². The minimum atomic E-state index is 0.656. The highest BCUT2D eigenvalue weighted by Gasteiger charge is 2.21. The van der Waals surface area contributed by atoms with Crippen molar-refractivity contribution in [2.24, 2.45) is 0 Å². The van der Waals surface area contributed by atoms with Crippen LogP contribution in [0.3, 0.4) is 0 Å². The fourth-order valence-corrected chi connectivity index (χ4v) is 7.20. The summed E-state index contributed by atoms with van der Waals surface area (Å²) in [5.74, 6) is 0. The van der Waals surface area contributed by atoms with Crippen LogP contribution in [0.2, 0.25) is 0 Å². The topological polar surface area (TPSA) is 33.6 Å². The zero-order valence-electron chi connectivity index (χ0n) is 24.9. The van der Waals surface area contributed by atoms with Crippen molar-refractivity contribution in [3.8, 4) is 39.7 Å². The molecule has 0 saturated carbocycles. The predicted octanol–water partition coefficient (Wildman–Crippen LogP) is 11.1. The highest BCUT2D eigenvalue weighted by atomic mass is 15.0. The van der Waals surface area contributed by atoms with Crippen LogP contribution >= 0.6 is 0 Å². The molecule has 2 heterocycles. The first-order chi connectivity index (χ1) is 22.8. The quantitative estimate of drug-likeness (QED) is 0.202. The largest absolute Gasteiger partial charge is 0.309 e. The van der Waals surface area contributed by atoms with E-state index in [-0.39, 0.29) is 0 Å². The Hall–Kier alpha value is -6.37. The molecular weight excluding hydrogens is 558 g/mol. The van der Waals surface area contributed by atoms with Gasteiger partial charge in [-0.3, -0.25) is 0 Å². The lowest BCUT2D eigenvalue weighted by Crippen LogP contribution is -2.01. The van der Waals surface area contributed by atoms with Crippen molar-refractivity contribution in [3.05, 3.63) is 169 Å². The molecule has 0 radical (unpaired) electrons. The molecule has 9 rings (SSSR count). The lowest BCUT2D eigenvalue weighted by atomic mass is 9.93. The number of para-hydroxylation sites is 5. The third kappa shape index (κ3) is 3.84. The van der Waals surface area contributed by atoms with Gasteiger partial charge in [0.1, 0.15) is 0 Å². The van der Waals surface area contributed by atoms with Gasteiger partial charge in [-0.05, 0) is 48.0 Å². The number of aromatic nitrogens is 2. The van der Waals surface area contributed by atoms with Crippen LogP contribution in [-0.2, 0) is 0 Å². The Balaban J connectivity index is 1.32. The lowest BCUT2D eigenvalue weighted by molar-refractivity contribution is 1.17. The molecule has 0 aliphatic heterocycles. The fourth-order valence-electron chi connectivity index (χ4n) is 7.20. The predicted molar refractivity (Wildman–Crippen MR) is 191 cm³/mol. The van der Waals surface area contributed by atoms with E-state index in [2.05, 4.69) is 161 Å². The summed E-state index contributed by atoms with van der Waals surface area (Å²) in [7, 11) is 0. The van der Waals surface area contributed by atoms with Crippen molar-refractivity contribution < 1.29 is 0 Å². The van der Waals surface area contributed by atoms with E-state index in [4.69, 9.17) is 0 Å². The van der Waals surface area contributed by atoms with Gasteiger partial charge in [-0.2, -0.15) is 5.26 Å². The SMILES string of the molecule is N#Cc1ccccc1-c1cccc(-c2ccc(-n3c4ccccc4c4ccccc43)cc2)c1-n1c2ccccc2c2ccccc21. The normalized spacial score (nSPS) is 11.5. The maximum absolute atomic E-state index is 10.1. The Morgan fingerprint density at radius 2 is 0.804 bits per heavy atom. The lowest BCUT2D eigenvalue weighted by Gasteiger charge is -2.20. The second-order valence-electron chi connectivity index (χ2n) is 11.6. The number of rotatable bonds is 4. The maximum Gasteiger partial charge on any atom is 0.0998 e. The zero-order valence-corrected chi connectivity index (χ0v) is 24.9. The first-order valence-corrected chi connectivity index (χ1v) is 15.5. The van der Waals surface area contributed by atoms with Crippen molar-refractivity contribution in [2.45, 2.75) is 0 Å². The smallest absolute Gasteiger partial charge is 0.0998 e. The van der Waals surface area contributed by atoms with Gasteiger partial charge in [-0.25, -0.2) is 0 Å². The Morgan fingerprint density at radius 1 is 0.370 bits per heavy atom. The molecule has 0 spiro atoms. The van der Waals surface area contributed by atoms with Crippen LogP contribution in [0.15, 0.2) is 164 Å². The summed E-state index contributed by atoms with van der Waals surface area (Å²) in [6, 6.07) is 60.1. The van der Waals surface area contributed by atoms with Crippen molar-refractivity contribution in [1.29, 1.82) is 5.26 Å². The standard InChI is InChI=1S/C43H27N3/c44-28-30-12-1-2-13-32(30)38-19-11-18-33(43(38)46-41-22-9-5-16-36(41)37-17-6-10-23-42(37)46)29-24-26-31(27-25-29)45-39-20-7-3-14-34(39)35-15-4-8-21-40(35)45/h1-27H. The summed E-state index contributed by atoms with van der Waals surface area (Å²) in [5.41, 5.74) is 11.6. The molecule has 0 N–H and O–H groups in total. The van der Waals surface area contributed by atoms with Gasteiger partial charge in [-0.15, -0.1) is 0 Å². The van der Waals surface area contributed by atoms with Crippen LogP contribution in [0.1, 0.15) is 5.56 Å². The summed E-state index contributed by atoms with van der Waals surface area (Å²) >= 11 is 0. The minimum absolute atomic E-state index is 0.656. The molecule has 0 atom stereocenters. The van der Waals surface area contributed by atoms with E-state index in [1.54, 1.807) is 0 Å². The number of nitriles is 1. The molecule has 0 bridgehead atoms. The van der Waals surface area contributed by atoms with Crippen molar-refractivity contribution in [1.82, 2.24) is 9.13 Å². The van der Waals surface area contributed by atoms with E-state index in [9.17, 15) is 5.26 Å². The molecule has 0 amide bonds. The second kappa shape index (κ2) is 10.4. The summed E-state index contributed by atoms with van der Waals surface area (Å²) < 4.78 is 4.73. The molecule has 0 saturated heterocycles. The molecule has 0 aliphatic rings. The van der Waals surface area contributed by atoms with Crippen LogP contribution in [0.5, 0.6) is 0 Å². The molecule has 46 heavy (non-hydrogen) atoms. The van der Waals surface area contributed by atoms with Crippen LogP contribution in [0.4, 0.5) is 0 Å². The van der Waals surface area contributed by atoms with Crippen LogP contribution in [-0.4, -0.2) is 9.13 Å². The van der Waals surface area contributed by atoms with Gasteiger partial charge in [0, 0.05) is 43.9 Å². The minimum Gasteiger partial charge on any atom is -0.309 e. The summed E-state index contributed by atoms with van der Waals surface area (Å²) in [4.78, 5) is 0. The molecule has 214 valence electrons. The second-order valence-corrected chi connectivity index (χ2v) is 11.6. The average Bonchev–Trinajstić information content (AvgIpc) is 3.64. The van der Waals surface area contributed by atoms with Gasteiger partial charge >= 0.3 is 0 Å². The van der Waals surface area contributed by atoms with E-state index < -0.39 is 0 Å². The van der Waals surface area contributed by atoms with E-state index in [1.165, 1.54) is 32.6 Å². The number of fused-ring (bicyclic) bond motifs is 6. The van der Waals surface area contributed by atoms with Crippen LogP contribution in [0.25, 0.3) is 77.2 Å². The summed E-state index contributed by atoms with van der Waals surface area (Å²) in [6.45, 7) is 0. The molecule has 3 nitrogen and oxygen atoms in total. The van der Waals surface area contributed by atoms with Gasteiger partial charge in [0.2, 0.25) is 0 Å². The third-order valence-corrected chi connectivity index (χ3v) is 9.19. The monoisotopic (exact) mass is 585 g/mol. The maximum atomic E-state index is 10.1. The van der Waals surface area contributed by atoms with E-state index in [0.717, 1.165) is 44.7 Å². The average molecular weight is 586 g/mol.